The van der Waals surface area contributed by atoms with Crippen molar-refractivity contribution in [1.82, 2.24) is 18.4 Å². The van der Waals surface area contributed by atoms with Gasteiger partial charge in [0.05, 0.1) is 9.23 Å². The summed E-state index contributed by atoms with van der Waals surface area (Å²) in [6, 6.07) is 21.4. The van der Waals surface area contributed by atoms with Gasteiger partial charge in [-0.15, -0.1) is 45.6 Å². The predicted octanol–water partition coefficient (Wildman–Crippen LogP) is 6.63. The molecule has 2 aromatic carbocycles. The molecule has 2 aliphatic heterocycles. The maximum atomic E-state index is 14.2. The van der Waals surface area contributed by atoms with Gasteiger partial charge in [0, 0.05) is 85.3 Å². The van der Waals surface area contributed by atoms with Gasteiger partial charge in [-0.05, 0) is 77.2 Å². The van der Waals surface area contributed by atoms with Crippen molar-refractivity contribution < 1.29 is 21.6 Å². The number of amides is 1. The molecule has 0 unspecified atom stereocenters. The highest BCUT2D eigenvalue weighted by Crippen LogP contribution is 2.33. The van der Waals surface area contributed by atoms with Crippen molar-refractivity contribution in [2.75, 3.05) is 58.2 Å². The van der Waals surface area contributed by atoms with Crippen molar-refractivity contribution in [2.45, 2.75) is 34.9 Å². The average molecular weight is 838 g/mol. The molecule has 5 aromatic rings. The summed E-state index contributed by atoms with van der Waals surface area (Å²) in [5.74, 6) is -0.307. The minimum atomic E-state index is -3.79. The number of alkyl halides is 1. The van der Waals surface area contributed by atoms with Gasteiger partial charge >= 0.3 is 0 Å². The number of carbonyl (C=O) groups excluding carboxylic acids is 1. The molecule has 3 aromatic heterocycles. The maximum absolute atomic E-state index is 14.2. The van der Waals surface area contributed by atoms with Gasteiger partial charge in [-0.1, -0.05) is 35.9 Å². The van der Waals surface area contributed by atoms with E-state index in [2.05, 4.69) is 34.5 Å². The Hall–Kier alpha value is -2.37. The number of fused-ring (bicyclic) bond motifs is 1. The first-order chi connectivity index (χ1) is 25.0. The third kappa shape index (κ3) is 8.31. The highest BCUT2D eigenvalue weighted by Gasteiger charge is 2.33. The van der Waals surface area contributed by atoms with Crippen molar-refractivity contribution in [3.8, 4) is 0 Å². The molecule has 9 nitrogen and oxygen atoms in total. The molecule has 52 heavy (non-hydrogen) atoms. The fourth-order valence-electron chi connectivity index (χ4n) is 6.81. The number of hydrogen-bond acceptors (Lipinski definition) is 9. The van der Waals surface area contributed by atoms with E-state index in [1.165, 1.54) is 31.0 Å². The number of hydrogen-bond donors (Lipinski definition) is 0. The number of piperazine rings is 2. The van der Waals surface area contributed by atoms with Crippen LogP contribution < -0.4 is 0 Å². The number of nitrogens with zero attached hydrogens (tertiary/aromatic N) is 4. The molecule has 1 amide bonds. The molecule has 0 N–H and O–H groups in total. The number of thiophene rings is 3. The average Bonchev–Trinajstić information content (AvgIpc) is 3.94. The molecule has 16 heteroatoms. The van der Waals surface area contributed by atoms with Crippen molar-refractivity contribution in [1.29, 1.82) is 0 Å². The summed E-state index contributed by atoms with van der Waals surface area (Å²) in [4.78, 5) is 19.3. The van der Waals surface area contributed by atoms with Crippen molar-refractivity contribution in [3.05, 3.63) is 102 Å². The lowest BCUT2D eigenvalue weighted by Gasteiger charge is -2.34. The van der Waals surface area contributed by atoms with Crippen LogP contribution in [-0.2, 0) is 50.6 Å². The van der Waals surface area contributed by atoms with Crippen LogP contribution in [0.5, 0.6) is 0 Å². The summed E-state index contributed by atoms with van der Waals surface area (Å²) < 4.78 is 59.2. The van der Waals surface area contributed by atoms with Crippen LogP contribution in [-0.4, -0.2) is 99.4 Å². The van der Waals surface area contributed by atoms with Gasteiger partial charge in [0.2, 0.25) is 15.9 Å². The molecule has 0 saturated carbocycles. The second-order valence-electron chi connectivity index (χ2n) is 12.9. The Morgan fingerprint density at radius 1 is 0.712 bits per heavy atom. The Bertz CT molecular complexity index is 2260. The summed E-state index contributed by atoms with van der Waals surface area (Å²) in [6.45, 7) is 3.36. The molecular weight excluding hydrogens is 800 g/mol. The van der Waals surface area contributed by atoms with E-state index in [-0.39, 0.29) is 29.1 Å². The fraction of sp³-hybridized carbons (Fsp3) is 0.361. The molecule has 0 spiro atoms. The molecule has 2 saturated heterocycles. The van der Waals surface area contributed by atoms with E-state index in [0.29, 0.717) is 50.7 Å². The third-order valence-corrected chi connectivity index (χ3v) is 17.4. The SMILES string of the molecule is O=C(CCl)N1CCN(S(=O)(=O)c2ccc(CN3CCN(S(=O)(=O)c4cccc5cc(CCc6ccc(Cl)s6)c(Cc6cccs6)cc45)CC3)s2)CC1. The van der Waals surface area contributed by atoms with Crippen LogP contribution in [0, 0.1) is 0 Å². The van der Waals surface area contributed by atoms with Crippen molar-refractivity contribution in [3.63, 3.8) is 0 Å². The maximum Gasteiger partial charge on any atom is 0.252 e. The smallest absolute Gasteiger partial charge is 0.252 e. The summed E-state index contributed by atoms with van der Waals surface area (Å²) in [5.41, 5.74) is 2.34. The highest BCUT2D eigenvalue weighted by molar-refractivity contribution is 7.91. The summed E-state index contributed by atoms with van der Waals surface area (Å²) in [7, 11) is -7.47. The summed E-state index contributed by atoms with van der Waals surface area (Å²) in [5, 5.41) is 3.71. The number of rotatable bonds is 12. The second-order valence-corrected chi connectivity index (χ2v) is 21.2. The van der Waals surface area contributed by atoms with E-state index in [1.54, 1.807) is 44.0 Å². The first-order valence-corrected chi connectivity index (χ1v) is 23.3. The molecular formula is C36H38Cl2N4O5S5. The molecule has 0 bridgehead atoms. The number of halogens is 2. The van der Waals surface area contributed by atoms with Crippen molar-refractivity contribution in [2.24, 2.45) is 0 Å². The largest absolute Gasteiger partial charge is 0.339 e. The molecule has 7 rings (SSSR count). The summed E-state index contributed by atoms with van der Waals surface area (Å²) in [6.07, 6.45) is 2.43. The molecule has 2 aliphatic rings. The van der Waals surface area contributed by atoms with Crippen LogP contribution >= 0.6 is 57.2 Å². The fourth-order valence-corrected chi connectivity index (χ4v) is 13.4. The number of sulfonamides is 2. The van der Waals surface area contributed by atoms with Crippen LogP contribution in [0.3, 0.4) is 0 Å². The molecule has 2 fully saturated rings. The lowest BCUT2D eigenvalue weighted by atomic mass is 9.95. The zero-order valence-corrected chi connectivity index (χ0v) is 33.8. The first-order valence-electron chi connectivity index (χ1n) is 17.0. The Labute approximate surface area is 327 Å². The van der Waals surface area contributed by atoms with E-state index in [1.807, 2.05) is 30.3 Å². The van der Waals surface area contributed by atoms with E-state index >= 15 is 0 Å². The molecule has 0 atom stereocenters. The number of aryl methyl sites for hydroxylation is 2. The van der Waals surface area contributed by atoms with Gasteiger partial charge in [0.1, 0.15) is 10.1 Å². The van der Waals surface area contributed by atoms with Gasteiger partial charge in [0.25, 0.3) is 10.0 Å². The van der Waals surface area contributed by atoms with Gasteiger partial charge in [-0.25, -0.2) is 16.8 Å². The molecule has 276 valence electrons. The topological polar surface area (TPSA) is 98.3 Å². The van der Waals surface area contributed by atoms with Crippen LogP contribution in [0.4, 0.5) is 0 Å². The number of carbonyl (C=O) groups is 1. The Kier molecular flexibility index (Phi) is 11.8. The van der Waals surface area contributed by atoms with E-state index < -0.39 is 20.0 Å². The lowest BCUT2D eigenvalue weighted by molar-refractivity contribution is -0.129. The van der Waals surface area contributed by atoms with Crippen LogP contribution in [0.2, 0.25) is 4.34 Å². The summed E-state index contributed by atoms with van der Waals surface area (Å²) >= 11 is 16.4. The Morgan fingerprint density at radius 2 is 1.44 bits per heavy atom. The Morgan fingerprint density at radius 3 is 2.13 bits per heavy atom. The third-order valence-electron chi connectivity index (χ3n) is 9.64. The van der Waals surface area contributed by atoms with Crippen LogP contribution in [0.25, 0.3) is 10.8 Å². The van der Waals surface area contributed by atoms with Crippen LogP contribution in [0.1, 0.15) is 25.8 Å². The molecule has 0 radical (unpaired) electrons. The minimum Gasteiger partial charge on any atom is -0.339 e. The van der Waals surface area contributed by atoms with E-state index in [4.69, 9.17) is 23.2 Å². The quantitative estimate of drug-likeness (QED) is 0.131. The van der Waals surface area contributed by atoms with Crippen LogP contribution in [0.15, 0.2) is 81.2 Å². The van der Waals surface area contributed by atoms with Gasteiger partial charge in [-0.3, -0.25) is 9.69 Å². The lowest BCUT2D eigenvalue weighted by Crippen LogP contribution is -2.50. The minimum absolute atomic E-state index is 0.115. The molecule has 5 heterocycles. The number of benzene rings is 2. The van der Waals surface area contributed by atoms with Crippen molar-refractivity contribution >= 4 is 93.9 Å². The van der Waals surface area contributed by atoms with E-state index in [9.17, 15) is 21.6 Å². The van der Waals surface area contributed by atoms with Gasteiger partial charge < -0.3 is 4.90 Å². The second kappa shape index (κ2) is 16.2. The standard InChI is InChI=1S/C36H38Cl2N4O5S5/c37-24-35(43)40-14-18-42(19-15-40)52(46,47)36-11-9-31(50-36)25-39-12-16-41(17-13-39)51(44,45)33-5-1-3-27-21-26(6-7-29-8-10-34(38)49-29)28(23-32(27)33)22-30-4-2-20-48-30/h1-5,8-11,20-21,23H,6-7,12-19,22,24-25H2. The zero-order chi connectivity index (χ0) is 36.5. The van der Waals surface area contributed by atoms with E-state index in [0.717, 1.165) is 44.8 Å². The molecule has 0 aliphatic carbocycles. The zero-order valence-electron chi connectivity index (χ0n) is 28.2. The van der Waals surface area contributed by atoms with Gasteiger partial charge in [-0.2, -0.15) is 8.61 Å². The first kappa shape index (κ1) is 37.9. The van der Waals surface area contributed by atoms with Gasteiger partial charge in [0.15, 0.2) is 0 Å². The highest BCUT2D eigenvalue weighted by atomic mass is 35.5. The Balaban J connectivity index is 1.03. The predicted molar refractivity (Wildman–Crippen MR) is 212 cm³/mol. The monoisotopic (exact) mass is 836 g/mol. The normalized spacial score (nSPS) is 16.9.